The Bertz CT molecular complexity index is 1090. The van der Waals surface area contributed by atoms with Crippen molar-refractivity contribution in [1.29, 1.82) is 0 Å². The zero-order chi connectivity index (χ0) is 23.0. The number of halogens is 1. The van der Waals surface area contributed by atoms with E-state index in [1.54, 1.807) is 6.07 Å². The first-order valence-corrected chi connectivity index (χ1v) is 11.0. The van der Waals surface area contributed by atoms with Gasteiger partial charge in [0.15, 0.2) is 6.61 Å². The predicted molar refractivity (Wildman–Crippen MR) is 115 cm³/mol. The molecule has 0 saturated carbocycles. The molecule has 0 unspecified atom stereocenters. The molecule has 0 saturated heterocycles. The average molecular weight is 468 g/mol. The molecule has 0 aliphatic carbocycles. The van der Waals surface area contributed by atoms with Crippen LogP contribution in [-0.4, -0.2) is 39.5 Å². The summed E-state index contributed by atoms with van der Waals surface area (Å²) in [6.45, 7) is 2.81. The molecule has 0 fully saturated rings. The number of hydrogen-bond donors (Lipinski definition) is 3. The van der Waals surface area contributed by atoms with E-state index in [2.05, 4.69) is 10.0 Å². The molecule has 2 aromatic rings. The zero-order valence-corrected chi connectivity index (χ0v) is 18.5. The number of imide groups is 1. The molecular weight excluding hydrogens is 446 g/mol. The van der Waals surface area contributed by atoms with E-state index in [0.717, 1.165) is 11.1 Å². The van der Waals surface area contributed by atoms with Crippen LogP contribution in [0.25, 0.3) is 0 Å². The molecule has 0 aliphatic heterocycles. The highest BCUT2D eigenvalue weighted by atomic mass is 35.5. The number of benzene rings is 2. The van der Waals surface area contributed by atoms with Gasteiger partial charge >= 0.3 is 12.0 Å². The van der Waals surface area contributed by atoms with Crippen molar-refractivity contribution in [2.75, 3.05) is 18.5 Å². The van der Waals surface area contributed by atoms with Crippen molar-refractivity contribution in [1.82, 2.24) is 10.0 Å². The van der Waals surface area contributed by atoms with Gasteiger partial charge < -0.3 is 10.1 Å². The number of carbonyl (C=O) groups excluding carboxylic acids is 3. The summed E-state index contributed by atoms with van der Waals surface area (Å²) in [5.74, 6) is -1.63. The van der Waals surface area contributed by atoms with Gasteiger partial charge in [0.05, 0.1) is 11.3 Å². The number of nitrogens with one attached hydrogen (secondary N) is 3. The van der Waals surface area contributed by atoms with Gasteiger partial charge in [0.1, 0.15) is 0 Å². The topological polar surface area (TPSA) is 131 Å². The van der Waals surface area contributed by atoms with E-state index in [-0.39, 0.29) is 22.9 Å². The number of rotatable bonds is 8. The number of ether oxygens (including phenoxy) is 1. The minimum atomic E-state index is -3.84. The molecule has 0 aliphatic rings. The third kappa shape index (κ3) is 8.00. The van der Waals surface area contributed by atoms with E-state index in [9.17, 15) is 22.8 Å². The first-order valence-electron chi connectivity index (χ1n) is 9.16. The second kappa shape index (κ2) is 10.9. The van der Waals surface area contributed by atoms with Crippen molar-refractivity contribution >= 4 is 45.2 Å². The second-order valence-corrected chi connectivity index (χ2v) is 8.79. The predicted octanol–water partition coefficient (Wildman–Crippen LogP) is 2.52. The summed E-state index contributed by atoms with van der Waals surface area (Å²) in [5.41, 5.74) is 2.40. The number of aryl methyl sites for hydroxylation is 2. The molecule has 0 spiro atoms. The molecule has 3 N–H and O–H groups in total. The lowest BCUT2D eigenvalue weighted by molar-refractivity contribution is -0.148. The summed E-state index contributed by atoms with van der Waals surface area (Å²) < 4.78 is 31.2. The number of anilines is 1. The Morgan fingerprint density at radius 1 is 1.06 bits per heavy atom. The minimum Gasteiger partial charge on any atom is -0.456 e. The molecule has 3 amide bonds. The molecule has 0 aromatic heterocycles. The third-order valence-electron chi connectivity index (χ3n) is 3.97. The van der Waals surface area contributed by atoms with Crippen LogP contribution in [0.15, 0.2) is 47.4 Å². The molecule has 0 atom stereocenters. The average Bonchev–Trinajstić information content (AvgIpc) is 2.68. The molecule has 2 aromatic carbocycles. The first kappa shape index (κ1) is 24.3. The number of carbonyl (C=O) groups is 3. The van der Waals surface area contributed by atoms with E-state index in [1.807, 2.05) is 31.3 Å². The van der Waals surface area contributed by atoms with E-state index >= 15 is 0 Å². The van der Waals surface area contributed by atoms with Crippen molar-refractivity contribution in [2.24, 2.45) is 0 Å². The molecule has 11 heteroatoms. The molecular formula is C20H22ClN3O6S. The SMILES string of the molecule is Cc1ccc(NC(=O)NC(=O)COC(=O)CCNS(=O)(=O)c2cccc(Cl)c2)c(C)c1. The summed E-state index contributed by atoms with van der Waals surface area (Å²) in [7, 11) is -3.84. The Hall–Kier alpha value is -2.95. The van der Waals surface area contributed by atoms with Crippen molar-refractivity contribution < 1.29 is 27.5 Å². The van der Waals surface area contributed by atoms with Gasteiger partial charge in [-0.15, -0.1) is 0 Å². The van der Waals surface area contributed by atoms with E-state index in [4.69, 9.17) is 16.3 Å². The van der Waals surface area contributed by atoms with Crippen LogP contribution >= 0.6 is 11.6 Å². The van der Waals surface area contributed by atoms with Crippen LogP contribution in [0.2, 0.25) is 5.02 Å². The molecule has 2 rings (SSSR count). The number of urea groups is 1. The smallest absolute Gasteiger partial charge is 0.325 e. The molecule has 31 heavy (non-hydrogen) atoms. The van der Waals surface area contributed by atoms with Crippen LogP contribution in [0.3, 0.4) is 0 Å². The summed E-state index contributed by atoms with van der Waals surface area (Å²) in [5, 5.41) is 4.83. The van der Waals surface area contributed by atoms with Gasteiger partial charge in [0.2, 0.25) is 10.0 Å². The van der Waals surface area contributed by atoms with E-state index < -0.39 is 34.5 Å². The lowest BCUT2D eigenvalue weighted by atomic mass is 10.1. The van der Waals surface area contributed by atoms with Crippen molar-refractivity contribution in [3.63, 3.8) is 0 Å². The lowest BCUT2D eigenvalue weighted by Gasteiger charge is -2.10. The number of amides is 3. The van der Waals surface area contributed by atoms with Crippen LogP contribution < -0.4 is 15.4 Å². The van der Waals surface area contributed by atoms with E-state index in [1.165, 1.54) is 24.3 Å². The lowest BCUT2D eigenvalue weighted by Crippen LogP contribution is -2.37. The highest BCUT2D eigenvalue weighted by Crippen LogP contribution is 2.16. The summed E-state index contributed by atoms with van der Waals surface area (Å²) in [4.78, 5) is 35.3. The summed E-state index contributed by atoms with van der Waals surface area (Å²) in [6.07, 6.45) is -0.304. The van der Waals surface area contributed by atoms with Gasteiger partial charge in [0.25, 0.3) is 5.91 Å². The largest absolute Gasteiger partial charge is 0.456 e. The van der Waals surface area contributed by atoms with Gasteiger partial charge in [-0.1, -0.05) is 35.4 Å². The van der Waals surface area contributed by atoms with Crippen LogP contribution in [-0.2, 0) is 24.3 Å². The van der Waals surface area contributed by atoms with Gasteiger partial charge in [-0.05, 0) is 43.7 Å². The number of sulfonamides is 1. The van der Waals surface area contributed by atoms with Gasteiger partial charge in [-0.2, -0.15) is 0 Å². The highest BCUT2D eigenvalue weighted by Gasteiger charge is 2.16. The third-order valence-corrected chi connectivity index (χ3v) is 5.67. The Morgan fingerprint density at radius 3 is 2.48 bits per heavy atom. The van der Waals surface area contributed by atoms with Crippen molar-refractivity contribution in [2.45, 2.75) is 25.2 Å². The van der Waals surface area contributed by atoms with Crippen LogP contribution in [0.1, 0.15) is 17.5 Å². The first-order chi connectivity index (χ1) is 14.6. The maximum Gasteiger partial charge on any atom is 0.325 e. The maximum absolute atomic E-state index is 12.1. The monoisotopic (exact) mass is 467 g/mol. The number of hydrogen-bond acceptors (Lipinski definition) is 6. The fourth-order valence-corrected chi connectivity index (χ4v) is 3.83. The maximum atomic E-state index is 12.1. The molecule has 9 nitrogen and oxygen atoms in total. The van der Waals surface area contributed by atoms with Crippen molar-refractivity contribution in [3.8, 4) is 0 Å². The normalized spacial score (nSPS) is 10.9. The molecule has 0 bridgehead atoms. The number of esters is 1. The molecule has 0 radical (unpaired) electrons. The van der Waals surface area contributed by atoms with E-state index in [0.29, 0.717) is 5.69 Å². The van der Waals surface area contributed by atoms with Gasteiger partial charge in [-0.25, -0.2) is 17.9 Å². The van der Waals surface area contributed by atoms with Crippen molar-refractivity contribution in [3.05, 3.63) is 58.6 Å². The Kier molecular flexibility index (Phi) is 8.55. The minimum absolute atomic E-state index is 0.0393. The zero-order valence-electron chi connectivity index (χ0n) is 16.9. The van der Waals surface area contributed by atoms with Crippen LogP contribution in [0.4, 0.5) is 10.5 Å². The standard InChI is InChI=1S/C20H22ClN3O6S/c1-13-6-7-17(14(2)10-13)23-20(27)24-18(25)12-30-19(26)8-9-22-31(28,29)16-5-3-4-15(21)11-16/h3-7,10-11,22H,8-9,12H2,1-2H3,(H2,23,24,25,27). The fraction of sp³-hybridized carbons (Fsp3) is 0.250. The fourth-order valence-electron chi connectivity index (χ4n) is 2.49. The molecule has 166 valence electrons. The Balaban J connectivity index is 1.72. The second-order valence-electron chi connectivity index (χ2n) is 6.59. The summed E-state index contributed by atoms with van der Waals surface area (Å²) in [6, 6.07) is 10.3. The Morgan fingerprint density at radius 2 is 1.81 bits per heavy atom. The highest BCUT2D eigenvalue weighted by molar-refractivity contribution is 7.89. The Labute approximate surface area is 185 Å². The summed E-state index contributed by atoms with van der Waals surface area (Å²) >= 11 is 5.77. The quantitative estimate of drug-likeness (QED) is 0.511. The molecule has 0 heterocycles. The van der Waals surface area contributed by atoms with Crippen LogP contribution in [0.5, 0.6) is 0 Å². The van der Waals surface area contributed by atoms with Gasteiger partial charge in [0, 0.05) is 17.3 Å². The van der Waals surface area contributed by atoms with Gasteiger partial charge in [-0.3, -0.25) is 14.9 Å². The van der Waals surface area contributed by atoms with Crippen LogP contribution in [0, 0.1) is 13.8 Å².